The van der Waals surface area contributed by atoms with Crippen molar-refractivity contribution in [1.82, 2.24) is 5.32 Å². The standard InChI is InChI=1S/C17H20ClN3O3.ClH/c1-10-12(6-7-24-10)16(23)21-14-8-11(18)4-5-13(14)15(22)20-9-17(2,3)19;/h4-8H,9,19H2,1-3H3,(H,20,22)(H,21,23);1H. The number of rotatable bonds is 5. The van der Waals surface area contributed by atoms with Crippen molar-refractivity contribution in [3.05, 3.63) is 52.4 Å². The molecular weight excluding hydrogens is 365 g/mol. The summed E-state index contributed by atoms with van der Waals surface area (Å²) in [6, 6.07) is 6.23. The first-order valence-corrected chi connectivity index (χ1v) is 7.77. The summed E-state index contributed by atoms with van der Waals surface area (Å²) in [6.45, 7) is 5.59. The number of furan rings is 1. The molecule has 2 aromatic rings. The Bertz CT molecular complexity index is 767. The van der Waals surface area contributed by atoms with Crippen LogP contribution < -0.4 is 16.4 Å². The molecular formula is C17H21Cl2N3O3. The minimum Gasteiger partial charge on any atom is -0.469 e. The number of nitrogens with one attached hydrogen (secondary N) is 2. The molecule has 0 aliphatic rings. The minimum absolute atomic E-state index is 0. The van der Waals surface area contributed by atoms with Gasteiger partial charge in [-0.3, -0.25) is 9.59 Å². The van der Waals surface area contributed by atoms with E-state index in [1.54, 1.807) is 39.0 Å². The molecule has 0 bridgehead atoms. The average molecular weight is 386 g/mol. The number of hydrogen-bond donors (Lipinski definition) is 3. The first-order chi connectivity index (χ1) is 11.2. The molecule has 0 aliphatic heterocycles. The van der Waals surface area contributed by atoms with E-state index in [1.165, 1.54) is 12.3 Å². The molecule has 6 nitrogen and oxygen atoms in total. The fraction of sp³-hybridized carbons (Fsp3) is 0.294. The van der Waals surface area contributed by atoms with E-state index < -0.39 is 5.54 Å². The molecule has 8 heteroatoms. The van der Waals surface area contributed by atoms with Gasteiger partial charge in [0, 0.05) is 17.1 Å². The van der Waals surface area contributed by atoms with Crippen LogP contribution in [0.2, 0.25) is 5.02 Å². The van der Waals surface area contributed by atoms with Gasteiger partial charge in [0.15, 0.2) is 0 Å². The molecule has 0 unspecified atom stereocenters. The summed E-state index contributed by atoms with van der Waals surface area (Å²) in [5, 5.41) is 5.85. The fourth-order valence-corrected chi connectivity index (χ4v) is 2.20. The summed E-state index contributed by atoms with van der Waals surface area (Å²) >= 11 is 5.99. The number of halogens is 2. The molecule has 0 atom stereocenters. The van der Waals surface area contributed by atoms with Crippen LogP contribution in [0.15, 0.2) is 34.9 Å². The summed E-state index contributed by atoms with van der Waals surface area (Å²) in [6.07, 6.45) is 1.43. The lowest BCUT2D eigenvalue weighted by molar-refractivity contribution is 0.0947. The SMILES string of the molecule is Cc1occc1C(=O)Nc1cc(Cl)ccc1C(=O)NCC(C)(C)N.Cl. The summed E-state index contributed by atoms with van der Waals surface area (Å²) in [4.78, 5) is 24.7. The number of benzene rings is 1. The Morgan fingerprint density at radius 2 is 1.88 bits per heavy atom. The van der Waals surface area contributed by atoms with Crippen LogP contribution in [-0.4, -0.2) is 23.9 Å². The molecule has 2 rings (SSSR count). The molecule has 0 saturated carbocycles. The number of hydrogen-bond acceptors (Lipinski definition) is 4. The Morgan fingerprint density at radius 3 is 2.44 bits per heavy atom. The van der Waals surface area contributed by atoms with Gasteiger partial charge in [0.05, 0.1) is 23.1 Å². The van der Waals surface area contributed by atoms with E-state index >= 15 is 0 Å². The lowest BCUT2D eigenvalue weighted by atomic mass is 10.1. The van der Waals surface area contributed by atoms with E-state index in [1.807, 2.05) is 0 Å². The number of aryl methyl sites for hydroxylation is 1. The summed E-state index contributed by atoms with van der Waals surface area (Å²) in [7, 11) is 0. The minimum atomic E-state index is -0.542. The predicted octanol–water partition coefficient (Wildman–Crippen LogP) is 3.38. The second kappa shape index (κ2) is 8.38. The topological polar surface area (TPSA) is 97.4 Å². The number of anilines is 1. The zero-order valence-electron chi connectivity index (χ0n) is 14.2. The van der Waals surface area contributed by atoms with Gasteiger partial charge in [-0.15, -0.1) is 12.4 Å². The Hall–Kier alpha value is -2.02. The maximum atomic E-state index is 12.4. The molecule has 2 amide bonds. The van der Waals surface area contributed by atoms with Crippen molar-refractivity contribution in [3.63, 3.8) is 0 Å². The zero-order valence-corrected chi connectivity index (χ0v) is 15.8. The van der Waals surface area contributed by atoms with E-state index in [0.717, 1.165) is 0 Å². The van der Waals surface area contributed by atoms with E-state index in [0.29, 0.717) is 34.1 Å². The second-order valence-electron chi connectivity index (χ2n) is 6.21. The first kappa shape index (κ1) is 21.0. The normalized spacial score (nSPS) is 10.8. The Morgan fingerprint density at radius 1 is 1.20 bits per heavy atom. The molecule has 0 spiro atoms. The summed E-state index contributed by atoms with van der Waals surface area (Å²) in [5.74, 6) is -0.230. The molecule has 25 heavy (non-hydrogen) atoms. The van der Waals surface area contributed by atoms with Gasteiger partial charge in [0.25, 0.3) is 11.8 Å². The van der Waals surface area contributed by atoms with Crippen molar-refractivity contribution in [2.24, 2.45) is 5.73 Å². The first-order valence-electron chi connectivity index (χ1n) is 7.39. The van der Waals surface area contributed by atoms with Crippen LogP contribution in [0.4, 0.5) is 5.69 Å². The fourth-order valence-electron chi connectivity index (χ4n) is 2.03. The largest absolute Gasteiger partial charge is 0.469 e. The molecule has 0 fully saturated rings. The highest BCUT2D eigenvalue weighted by atomic mass is 35.5. The van der Waals surface area contributed by atoms with E-state index in [-0.39, 0.29) is 24.2 Å². The average Bonchev–Trinajstić information content (AvgIpc) is 2.90. The van der Waals surface area contributed by atoms with Crippen LogP contribution in [0.1, 0.15) is 40.3 Å². The highest BCUT2D eigenvalue weighted by molar-refractivity contribution is 6.31. The van der Waals surface area contributed by atoms with Crippen molar-refractivity contribution in [3.8, 4) is 0 Å². The van der Waals surface area contributed by atoms with E-state index in [4.69, 9.17) is 21.8 Å². The zero-order chi connectivity index (χ0) is 17.9. The lowest BCUT2D eigenvalue weighted by Crippen LogP contribution is -2.45. The Balaban J connectivity index is 0.00000312. The third kappa shape index (κ3) is 5.77. The third-order valence-corrected chi connectivity index (χ3v) is 3.52. The van der Waals surface area contributed by atoms with Crippen LogP contribution in [0.25, 0.3) is 0 Å². The quantitative estimate of drug-likeness (QED) is 0.734. The van der Waals surface area contributed by atoms with Crippen LogP contribution in [0.3, 0.4) is 0 Å². The van der Waals surface area contributed by atoms with Crippen molar-refractivity contribution in [2.75, 3.05) is 11.9 Å². The number of amides is 2. The number of carbonyl (C=O) groups excluding carboxylic acids is 2. The van der Waals surface area contributed by atoms with Crippen LogP contribution in [0, 0.1) is 6.92 Å². The number of carbonyl (C=O) groups is 2. The van der Waals surface area contributed by atoms with Gasteiger partial charge in [-0.2, -0.15) is 0 Å². The van der Waals surface area contributed by atoms with Gasteiger partial charge < -0.3 is 20.8 Å². The molecule has 0 radical (unpaired) electrons. The summed E-state index contributed by atoms with van der Waals surface area (Å²) in [5.41, 5.74) is 6.34. The van der Waals surface area contributed by atoms with Crippen LogP contribution >= 0.6 is 24.0 Å². The van der Waals surface area contributed by atoms with Crippen molar-refractivity contribution in [2.45, 2.75) is 26.3 Å². The summed E-state index contributed by atoms with van der Waals surface area (Å²) < 4.78 is 5.12. The highest BCUT2D eigenvalue weighted by Crippen LogP contribution is 2.22. The highest BCUT2D eigenvalue weighted by Gasteiger charge is 2.19. The van der Waals surface area contributed by atoms with Crippen LogP contribution in [-0.2, 0) is 0 Å². The molecule has 1 aromatic heterocycles. The van der Waals surface area contributed by atoms with Crippen molar-refractivity contribution >= 4 is 41.5 Å². The number of nitrogens with two attached hydrogens (primary N) is 1. The smallest absolute Gasteiger partial charge is 0.259 e. The molecule has 1 aromatic carbocycles. The Kier molecular flexibility index (Phi) is 7.05. The monoisotopic (exact) mass is 385 g/mol. The van der Waals surface area contributed by atoms with E-state index in [9.17, 15) is 9.59 Å². The lowest BCUT2D eigenvalue weighted by Gasteiger charge is -2.19. The Labute approximate surface area is 157 Å². The van der Waals surface area contributed by atoms with Crippen molar-refractivity contribution < 1.29 is 14.0 Å². The second-order valence-corrected chi connectivity index (χ2v) is 6.64. The van der Waals surface area contributed by atoms with Crippen LogP contribution in [0.5, 0.6) is 0 Å². The van der Waals surface area contributed by atoms with Gasteiger partial charge in [-0.25, -0.2) is 0 Å². The molecule has 136 valence electrons. The molecule has 0 saturated heterocycles. The van der Waals surface area contributed by atoms with Gasteiger partial charge in [0.2, 0.25) is 0 Å². The van der Waals surface area contributed by atoms with Crippen molar-refractivity contribution in [1.29, 1.82) is 0 Å². The van der Waals surface area contributed by atoms with Gasteiger partial charge in [0.1, 0.15) is 5.76 Å². The predicted molar refractivity (Wildman–Crippen MR) is 101 cm³/mol. The molecule has 4 N–H and O–H groups in total. The van der Waals surface area contributed by atoms with Gasteiger partial charge >= 0.3 is 0 Å². The molecule has 0 aliphatic carbocycles. The maximum absolute atomic E-state index is 12.4. The molecule has 1 heterocycles. The third-order valence-electron chi connectivity index (χ3n) is 3.28. The van der Waals surface area contributed by atoms with E-state index in [2.05, 4.69) is 10.6 Å². The maximum Gasteiger partial charge on any atom is 0.259 e. The van der Waals surface area contributed by atoms with Gasteiger partial charge in [-0.05, 0) is 45.0 Å². The van der Waals surface area contributed by atoms with Gasteiger partial charge in [-0.1, -0.05) is 11.6 Å².